The number of nitrogens with zero attached hydrogens (tertiary/aromatic N) is 2. The number of hydrogen-bond donors (Lipinski definition) is 1. The minimum absolute atomic E-state index is 0.0458. The third-order valence-corrected chi connectivity index (χ3v) is 4.61. The smallest absolute Gasteiger partial charge is 0.247 e. The van der Waals surface area contributed by atoms with E-state index in [0.29, 0.717) is 24.6 Å². The highest BCUT2D eigenvalue weighted by atomic mass is 79.9. The molecule has 0 aliphatic heterocycles. The van der Waals surface area contributed by atoms with Gasteiger partial charge in [-0.05, 0) is 43.7 Å². The predicted molar refractivity (Wildman–Crippen MR) is 103 cm³/mol. The predicted octanol–water partition coefficient (Wildman–Crippen LogP) is 4.62. The van der Waals surface area contributed by atoms with E-state index in [9.17, 15) is 4.79 Å². The summed E-state index contributed by atoms with van der Waals surface area (Å²) in [4.78, 5) is 12.2. The van der Waals surface area contributed by atoms with Crippen LogP contribution in [-0.4, -0.2) is 16.1 Å². The molecule has 1 unspecified atom stereocenters. The van der Waals surface area contributed by atoms with Crippen LogP contribution in [0.2, 0.25) is 0 Å². The van der Waals surface area contributed by atoms with E-state index in [1.807, 2.05) is 62.4 Å². The van der Waals surface area contributed by atoms with Gasteiger partial charge in [0.1, 0.15) is 0 Å². The number of aryl methyl sites for hydroxylation is 2. The Hall–Kier alpha value is -2.47. The van der Waals surface area contributed by atoms with E-state index in [0.717, 1.165) is 15.6 Å². The zero-order valence-corrected chi connectivity index (χ0v) is 16.3. The van der Waals surface area contributed by atoms with Crippen molar-refractivity contribution in [2.45, 2.75) is 32.7 Å². The molecule has 5 nitrogen and oxygen atoms in total. The molecule has 26 heavy (non-hydrogen) atoms. The summed E-state index contributed by atoms with van der Waals surface area (Å²) in [5, 5.41) is 11.1. The van der Waals surface area contributed by atoms with Crippen LogP contribution in [0.1, 0.15) is 36.4 Å². The Morgan fingerprint density at radius 3 is 2.50 bits per heavy atom. The molecule has 1 heterocycles. The van der Waals surface area contributed by atoms with Gasteiger partial charge in [0, 0.05) is 22.9 Å². The minimum Gasteiger partial charge on any atom is -0.421 e. The van der Waals surface area contributed by atoms with Gasteiger partial charge in [-0.1, -0.05) is 45.8 Å². The molecular formula is C20H20BrN3O2. The molecule has 1 amide bonds. The topological polar surface area (TPSA) is 68.0 Å². The summed E-state index contributed by atoms with van der Waals surface area (Å²) >= 11 is 3.41. The van der Waals surface area contributed by atoms with Gasteiger partial charge in [-0.15, -0.1) is 10.2 Å². The van der Waals surface area contributed by atoms with E-state index in [1.165, 1.54) is 5.56 Å². The first-order valence-electron chi connectivity index (χ1n) is 8.45. The summed E-state index contributed by atoms with van der Waals surface area (Å²) < 4.78 is 6.67. The second-order valence-corrected chi connectivity index (χ2v) is 7.12. The largest absolute Gasteiger partial charge is 0.421 e. The van der Waals surface area contributed by atoms with E-state index in [4.69, 9.17) is 4.42 Å². The van der Waals surface area contributed by atoms with Crippen molar-refractivity contribution in [2.24, 2.45) is 0 Å². The lowest BCUT2D eigenvalue weighted by Gasteiger charge is -2.14. The van der Waals surface area contributed by atoms with Crippen molar-refractivity contribution in [2.75, 3.05) is 0 Å². The number of rotatable bonds is 6. The van der Waals surface area contributed by atoms with Crippen LogP contribution in [0.25, 0.3) is 11.5 Å². The van der Waals surface area contributed by atoms with Crippen LogP contribution in [0.15, 0.2) is 57.4 Å². The van der Waals surface area contributed by atoms with Crippen LogP contribution in [0.5, 0.6) is 0 Å². The van der Waals surface area contributed by atoms with Gasteiger partial charge in [-0.3, -0.25) is 4.79 Å². The fourth-order valence-corrected chi connectivity index (χ4v) is 2.80. The number of nitrogens with one attached hydrogen (secondary N) is 1. The minimum atomic E-state index is -0.0543. The first kappa shape index (κ1) is 18.3. The maximum absolute atomic E-state index is 12.2. The van der Waals surface area contributed by atoms with Gasteiger partial charge in [0.25, 0.3) is 0 Å². The van der Waals surface area contributed by atoms with Gasteiger partial charge in [0.05, 0.1) is 6.04 Å². The normalized spacial score (nSPS) is 12.0. The molecule has 2 aromatic carbocycles. The van der Waals surface area contributed by atoms with E-state index < -0.39 is 0 Å². The molecule has 0 saturated carbocycles. The average Bonchev–Trinajstić information content (AvgIpc) is 3.10. The average molecular weight is 414 g/mol. The van der Waals surface area contributed by atoms with Crippen molar-refractivity contribution in [3.63, 3.8) is 0 Å². The molecule has 134 valence electrons. The van der Waals surface area contributed by atoms with Gasteiger partial charge in [-0.2, -0.15) is 0 Å². The van der Waals surface area contributed by atoms with Crippen LogP contribution < -0.4 is 5.32 Å². The quantitative estimate of drug-likeness (QED) is 0.639. The van der Waals surface area contributed by atoms with Gasteiger partial charge in [0.15, 0.2) is 0 Å². The number of benzene rings is 2. The third-order valence-electron chi connectivity index (χ3n) is 4.08. The highest BCUT2D eigenvalue weighted by Gasteiger charge is 2.13. The number of carbonyl (C=O) groups is 1. The molecule has 0 spiro atoms. The fourth-order valence-electron chi connectivity index (χ4n) is 2.54. The molecule has 0 aliphatic carbocycles. The summed E-state index contributed by atoms with van der Waals surface area (Å²) in [7, 11) is 0. The molecule has 0 radical (unpaired) electrons. The molecule has 3 aromatic rings. The van der Waals surface area contributed by atoms with Crippen molar-refractivity contribution < 1.29 is 9.21 Å². The van der Waals surface area contributed by atoms with Gasteiger partial charge in [0.2, 0.25) is 17.7 Å². The van der Waals surface area contributed by atoms with Crippen LogP contribution in [0.3, 0.4) is 0 Å². The molecule has 3 rings (SSSR count). The number of aromatic nitrogens is 2. The molecule has 0 fully saturated rings. The molecule has 1 aromatic heterocycles. The molecule has 0 saturated heterocycles. The van der Waals surface area contributed by atoms with Crippen LogP contribution >= 0.6 is 15.9 Å². The zero-order chi connectivity index (χ0) is 18.5. The molecule has 0 aliphatic rings. The molecule has 1 N–H and O–H groups in total. The number of carbonyl (C=O) groups excluding carboxylic acids is 1. The fraction of sp³-hybridized carbons (Fsp3) is 0.250. The van der Waals surface area contributed by atoms with Crippen molar-refractivity contribution in [1.82, 2.24) is 15.5 Å². The van der Waals surface area contributed by atoms with E-state index in [1.54, 1.807) is 0 Å². The second kappa shape index (κ2) is 8.27. The van der Waals surface area contributed by atoms with Gasteiger partial charge < -0.3 is 9.73 Å². The van der Waals surface area contributed by atoms with E-state index in [-0.39, 0.29) is 11.9 Å². The summed E-state index contributed by atoms with van der Waals surface area (Å²) in [5.41, 5.74) is 3.11. The van der Waals surface area contributed by atoms with Crippen molar-refractivity contribution in [1.29, 1.82) is 0 Å². The Morgan fingerprint density at radius 2 is 1.81 bits per heavy atom. The van der Waals surface area contributed by atoms with E-state index in [2.05, 4.69) is 31.4 Å². The van der Waals surface area contributed by atoms with Crippen molar-refractivity contribution >= 4 is 21.8 Å². The summed E-state index contributed by atoms with van der Waals surface area (Å²) in [6, 6.07) is 15.7. The highest BCUT2D eigenvalue weighted by Crippen LogP contribution is 2.19. The lowest BCUT2D eigenvalue weighted by atomic mass is 10.1. The number of hydrogen-bond acceptors (Lipinski definition) is 4. The summed E-state index contributed by atoms with van der Waals surface area (Å²) in [6.07, 6.45) is 0.716. The monoisotopic (exact) mass is 413 g/mol. The van der Waals surface area contributed by atoms with E-state index >= 15 is 0 Å². The first-order chi connectivity index (χ1) is 12.5. The van der Waals surface area contributed by atoms with Crippen LogP contribution in [0, 0.1) is 6.92 Å². The number of halogens is 1. The third kappa shape index (κ3) is 4.79. The highest BCUT2D eigenvalue weighted by molar-refractivity contribution is 9.10. The Morgan fingerprint density at radius 1 is 1.12 bits per heavy atom. The molecular weight excluding hydrogens is 394 g/mol. The van der Waals surface area contributed by atoms with Gasteiger partial charge >= 0.3 is 0 Å². The van der Waals surface area contributed by atoms with Crippen LogP contribution in [-0.2, 0) is 11.2 Å². The maximum atomic E-state index is 12.2. The Bertz CT molecular complexity index is 873. The molecule has 0 bridgehead atoms. The molecule has 6 heteroatoms. The van der Waals surface area contributed by atoms with Crippen LogP contribution in [0.4, 0.5) is 0 Å². The lowest BCUT2D eigenvalue weighted by Crippen LogP contribution is -2.26. The Balaban J connectivity index is 1.53. The summed E-state index contributed by atoms with van der Waals surface area (Å²) in [6.45, 7) is 3.99. The van der Waals surface area contributed by atoms with Gasteiger partial charge in [-0.25, -0.2) is 0 Å². The SMILES string of the molecule is Cc1ccc(-c2nnc(CCC(=O)NC(C)c3ccc(Br)cc3)o2)cc1. The zero-order valence-electron chi connectivity index (χ0n) is 14.7. The summed E-state index contributed by atoms with van der Waals surface area (Å²) in [5.74, 6) is 0.895. The Labute approximate surface area is 161 Å². The Kier molecular flexibility index (Phi) is 5.83. The van der Waals surface area contributed by atoms with Crippen molar-refractivity contribution in [3.8, 4) is 11.5 Å². The first-order valence-corrected chi connectivity index (χ1v) is 9.25. The number of amides is 1. The maximum Gasteiger partial charge on any atom is 0.247 e. The molecule has 1 atom stereocenters. The standard InChI is InChI=1S/C20H20BrN3O2/c1-13-3-5-16(6-4-13)20-24-23-19(26-20)12-11-18(25)22-14(2)15-7-9-17(21)10-8-15/h3-10,14H,11-12H2,1-2H3,(H,22,25). The second-order valence-electron chi connectivity index (χ2n) is 6.21. The van der Waals surface area contributed by atoms with Crippen molar-refractivity contribution in [3.05, 3.63) is 70.0 Å². The lowest BCUT2D eigenvalue weighted by molar-refractivity contribution is -0.121.